The lowest BCUT2D eigenvalue weighted by Gasteiger charge is -2.10. The van der Waals surface area contributed by atoms with Crippen LogP contribution in [0.15, 0.2) is 23.1 Å². The zero-order valence-corrected chi connectivity index (χ0v) is 11.3. The van der Waals surface area contributed by atoms with Crippen LogP contribution in [0.2, 0.25) is 0 Å². The van der Waals surface area contributed by atoms with Gasteiger partial charge in [0.15, 0.2) is 18.2 Å². The van der Waals surface area contributed by atoms with Gasteiger partial charge in [0.05, 0.1) is 4.90 Å². The zero-order chi connectivity index (χ0) is 14.6. The Morgan fingerprint density at radius 3 is 2.58 bits per heavy atom. The quantitative estimate of drug-likeness (QED) is 0.818. The molecular weight excluding hydrogens is 275 g/mol. The van der Waals surface area contributed by atoms with Crippen molar-refractivity contribution >= 4 is 15.9 Å². The van der Waals surface area contributed by atoms with E-state index >= 15 is 0 Å². The largest absolute Gasteiger partial charge is 0.481 e. The lowest BCUT2D eigenvalue weighted by Crippen LogP contribution is -2.34. The molecule has 8 heteroatoms. The maximum absolute atomic E-state index is 13.5. The highest BCUT2D eigenvalue weighted by Crippen LogP contribution is 2.20. The summed E-state index contributed by atoms with van der Waals surface area (Å²) in [6.07, 6.45) is 0. The number of nitrogens with two attached hydrogens (primary N) is 1. The van der Waals surface area contributed by atoms with Crippen molar-refractivity contribution in [2.75, 3.05) is 6.61 Å². The molecule has 3 N–H and O–H groups in total. The zero-order valence-electron chi connectivity index (χ0n) is 10.5. The first-order chi connectivity index (χ1) is 8.70. The summed E-state index contributed by atoms with van der Waals surface area (Å²) >= 11 is 0. The third kappa shape index (κ3) is 4.84. The van der Waals surface area contributed by atoms with Gasteiger partial charge in [0.1, 0.15) is 0 Å². The van der Waals surface area contributed by atoms with Crippen LogP contribution >= 0.6 is 0 Å². The maximum atomic E-state index is 13.5. The van der Waals surface area contributed by atoms with Gasteiger partial charge >= 0.3 is 0 Å². The van der Waals surface area contributed by atoms with E-state index in [0.29, 0.717) is 0 Å². The maximum Gasteiger partial charge on any atom is 0.258 e. The van der Waals surface area contributed by atoms with Crippen LogP contribution in [0.4, 0.5) is 4.39 Å². The van der Waals surface area contributed by atoms with E-state index < -0.39 is 21.7 Å². The third-order valence-corrected chi connectivity index (χ3v) is 2.95. The molecule has 0 spiro atoms. The molecule has 0 radical (unpaired) electrons. The van der Waals surface area contributed by atoms with Crippen molar-refractivity contribution in [3.8, 4) is 5.75 Å². The normalized spacial score (nSPS) is 11.4. The van der Waals surface area contributed by atoms with Gasteiger partial charge in [-0.25, -0.2) is 17.9 Å². The fourth-order valence-electron chi connectivity index (χ4n) is 1.28. The number of amides is 1. The van der Waals surface area contributed by atoms with Crippen LogP contribution in [0, 0.1) is 5.82 Å². The van der Waals surface area contributed by atoms with Crippen LogP contribution in [0.5, 0.6) is 5.75 Å². The summed E-state index contributed by atoms with van der Waals surface area (Å²) in [6, 6.07) is 2.90. The minimum Gasteiger partial charge on any atom is -0.481 e. The van der Waals surface area contributed by atoms with Crippen molar-refractivity contribution in [1.29, 1.82) is 0 Å². The van der Waals surface area contributed by atoms with Gasteiger partial charge in [-0.05, 0) is 32.0 Å². The SMILES string of the molecule is CC(C)NC(=O)COc1ccc(S(N)(=O)=O)cc1F. The van der Waals surface area contributed by atoms with Crippen LogP contribution in [0.1, 0.15) is 13.8 Å². The first-order valence-electron chi connectivity index (χ1n) is 5.44. The predicted octanol–water partition coefficient (Wildman–Crippen LogP) is 0.377. The van der Waals surface area contributed by atoms with Gasteiger partial charge in [-0.15, -0.1) is 0 Å². The van der Waals surface area contributed by atoms with Crippen molar-refractivity contribution in [3.05, 3.63) is 24.0 Å². The number of halogens is 1. The van der Waals surface area contributed by atoms with Crippen molar-refractivity contribution in [1.82, 2.24) is 5.32 Å². The van der Waals surface area contributed by atoms with Gasteiger partial charge in [0.25, 0.3) is 5.91 Å². The van der Waals surface area contributed by atoms with Crippen LogP contribution in [-0.4, -0.2) is 27.0 Å². The lowest BCUT2D eigenvalue weighted by atomic mass is 10.3. The molecule has 1 aromatic carbocycles. The highest BCUT2D eigenvalue weighted by atomic mass is 32.2. The van der Waals surface area contributed by atoms with Gasteiger partial charge in [0, 0.05) is 6.04 Å². The molecule has 0 aliphatic rings. The van der Waals surface area contributed by atoms with Crippen molar-refractivity contribution in [2.24, 2.45) is 5.14 Å². The Morgan fingerprint density at radius 2 is 2.11 bits per heavy atom. The fraction of sp³-hybridized carbons (Fsp3) is 0.364. The van der Waals surface area contributed by atoms with E-state index in [2.05, 4.69) is 5.32 Å². The highest BCUT2D eigenvalue weighted by Gasteiger charge is 2.13. The number of benzene rings is 1. The topological polar surface area (TPSA) is 98.5 Å². The second-order valence-corrected chi connectivity index (χ2v) is 5.71. The number of sulfonamides is 1. The Morgan fingerprint density at radius 1 is 1.47 bits per heavy atom. The number of rotatable bonds is 5. The van der Waals surface area contributed by atoms with E-state index in [1.165, 1.54) is 0 Å². The molecule has 0 aliphatic carbocycles. The molecule has 6 nitrogen and oxygen atoms in total. The Hall–Kier alpha value is -1.67. The Kier molecular flexibility index (Phi) is 4.84. The predicted molar refractivity (Wildman–Crippen MR) is 66.5 cm³/mol. The van der Waals surface area contributed by atoms with Crippen molar-refractivity contribution < 1.29 is 22.3 Å². The van der Waals surface area contributed by atoms with Crippen LogP contribution in [0.25, 0.3) is 0 Å². The molecule has 0 unspecified atom stereocenters. The fourth-order valence-corrected chi connectivity index (χ4v) is 1.81. The minimum absolute atomic E-state index is 0.0503. The number of carbonyl (C=O) groups is 1. The second-order valence-electron chi connectivity index (χ2n) is 4.15. The van der Waals surface area contributed by atoms with Gasteiger partial charge in [-0.3, -0.25) is 4.79 Å². The first kappa shape index (κ1) is 15.4. The summed E-state index contributed by atoms with van der Waals surface area (Å²) < 4.78 is 40.4. The Balaban J connectivity index is 2.74. The molecule has 0 saturated carbocycles. The smallest absolute Gasteiger partial charge is 0.258 e. The minimum atomic E-state index is -3.96. The number of hydrogen-bond acceptors (Lipinski definition) is 4. The monoisotopic (exact) mass is 290 g/mol. The summed E-state index contributed by atoms with van der Waals surface area (Å²) in [6.45, 7) is 3.20. The number of carbonyl (C=O) groups excluding carboxylic acids is 1. The van der Waals surface area contributed by atoms with E-state index in [0.717, 1.165) is 18.2 Å². The summed E-state index contributed by atoms with van der Waals surface area (Å²) in [5, 5.41) is 7.42. The molecule has 1 amide bonds. The summed E-state index contributed by atoms with van der Waals surface area (Å²) in [4.78, 5) is 10.9. The molecule has 1 rings (SSSR count). The molecule has 19 heavy (non-hydrogen) atoms. The van der Waals surface area contributed by atoms with E-state index in [1.807, 2.05) is 0 Å². The molecule has 0 aliphatic heterocycles. The third-order valence-electron chi connectivity index (χ3n) is 2.04. The molecule has 0 heterocycles. The van der Waals surface area contributed by atoms with Gasteiger partial charge < -0.3 is 10.1 Å². The molecule has 106 valence electrons. The van der Waals surface area contributed by atoms with Gasteiger partial charge in [0.2, 0.25) is 10.0 Å². The molecule has 0 fully saturated rings. The molecule has 0 bridgehead atoms. The van der Waals surface area contributed by atoms with Crippen molar-refractivity contribution in [3.63, 3.8) is 0 Å². The average molecular weight is 290 g/mol. The van der Waals surface area contributed by atoms with Crippen LogP contribution in [-0.2, 0) is 14.8 Å². The molecule has 0 saturated heterocycles. The molecular formula is C11H15FN2O4S. The lowest BCUT2D eigenvalue weighted by molar-refractivity contribution is -0.123. The average Bonchev–Trinajstić information content (AvgIpc) is 2.25. The van der Waals surface area contributed by atoms with E-state index in [9.17, 15) is 17.6 Å². The molecule has 0 atom stereocenters. The second kappa shape index (κ2) is 5.98. The highest BCUT2D eigenvalue weighted by molar-refractivity contribution is 7.89. The van der Waals surface area contributed by atoms with Crippen molar-refractivity contribution in [2.45, 2.75) is 24.8 Å². The van der Waals surface area contributed by atoms with Gasteiger partial charge in [-0.1, -0.05) is 0 Å². The summed E-state index contributed by atoms with van der Waals surface area (Å²) in [7, 11) is -3.96. The van der Waals surface area contributed by atoms with Crippen LogP contribution in [0.3, 0.4) is 0 Å². The van der Waals surface area contributed by atoms with E-state index in [-0.39, 0.29) is 23.3 Å². The first-order valence-corrected chi connectivity index (χ1v) is 6.99. The number of hydrogen-bond donors (Lipinski definition) is 2. The molecule has 1 aromatic rings. The number of nitrogens with one attached hydrogen (secondary N) is 1. The van der Waals surface area contributed by atoms with E-state index in [1.54, 1.807) is 13.8 Å². The van der Waals surface area contributed by atoms with Gasteiger partial charge in [-0.2, -0.15) is 0 Å². The summed E-state index contributed by atoms with van der Waals surface area (Å²) in [5.74, 6) is -1.51. The standard InChI is InChI=1S/C11H15FN2O4S/c1-7(2)14-11(15)6-18-10-4-3-8(5-9(10)12)19(13,16)17/h3-5,7H,6H2,1-2H3,(H,14,15)(H2,13,16,17). The summed E-state index contributed by atoms with van der Waals surface area (Å²) in [5.41, 5.74) is 0. The molecule has 0 aromatic heterocycles. The van der Waals surface area contributed by atoms with Crippen LogP contribution < -0.4 is 15.2 Å². The Labute approximate surface area is 110 Å². The van der Waals surface area contributed by atoms with E-state index in [4.69, 9.17) is 9.88 Å². The number of primary sulfonamides is 1. The number of ether oxygens (including phenoxy) is 1. The Bertz CT molecular complexity index is 572.